The second kappa shape index (κ2) is 13.2. The van der Waals surface area contributed by atoms with E-state index in [9.17, 15) is 22.8 Å². The monoisotopic (exact) mass is 671 g/mol. The number of hydrogen-bond donors (Lipinski definition) is 3. The number of nitrogens with one attached hydrogen (secondary N) is 3. The van der Waals surface area contributed by atoms with Crippen LogP contribution in [0.2, 0.25) is 0 Å². The Labute approximate surface area is 280 Å². The highest BCUT2D eigenvalue weighted by molar-refractivity contribution is 7.91. The normalized spacial score (nSPS) is 28.6. The summed E-state index contributed by atoms with van der Waals surface area (Å²) in [5.74, 6) is -1.43. The van der Waals surface area contributed by atoms with E-state index in [-0.39, 0.29) is 31.2 Å². The van der Waals surface area contributed by atoms with E-state index in [0.717, 1.165) is 42.3 Å². The Hall–Kier alpha value is -4.45. The minimum Gasteiger partial charge on any atom is -0.472 e. The lowest BCUT2D eigenvalue weighted by Gasteiger charge is -2.30. The number of fused-ring (bicyclic) bond motifs is 3. The Morgan fingerprint density at radius 1 is 0.958 bits per heavy atom. The molecule has 0 radical (unpaired) electrons. The number of anilines is 1. The van der Waals surface area contributed by atoms with Crippen molar-refractivity contribution in [2.24, 2.45) is 5.92 Å². The lowest BCUT2D eigenvalue weighted by atomic mass is 10.0. The van der Waals surface area contributed by atoms with Gasteiger partial charge >= 0.3 is 0 Å². The molecule has 0 unspecified atom stereocenters. The molecule has 1 saturated heterocycles. The molecular formula is C36H41N5O6S. The fourth-order valence-corrected chi connectivity index (χ4v) is 8.23. The number of nitrogens with zero attached hydrogens (tertiary/aromatic N) is 2. The Balaban J connectivity index is 1.18. The second-order valence-corrected chi connectivity index (χ2v) is 15.4. The maximum Gasteiger partial charge on any atom is 0.259 e. The number of para-hydroxylation sites is 2. The van der Waals surface area contributed by atoms with E-state index in [2.05, 4.69) is 20.3 Å². The summed E-state index contributed by atoms with van der Waals surface area (Å²) in [6.07, 6.45) is 8.84. The first-order chi connectivity index (χ1) is 23.2. The number of benzene rings is 2. The molecule has 0 spiro atoms. The third kappa shape index (κ3) is 6.89. The number of amides is 3. The number of sulfonamides is 1. The van der Waals surface area contributed by atoms with E-state index in [0.29, 0.717) is 25.1 Å². The van der Waals surface area contributed by atoms with Crippen LogP contribution in [0.1, 0.15) is 57.8 Å². The van der Waals surface area contributed by atoms with Crippen LogP contribution in [0.4, 0.5) is 5.69 Å². The highest BCUT2D eigenvalue weighted by Crippen LogP contribution is 2.46. The lowest BCUT2D eigenvalue weighted by molar-refractivity contribution is -0.140. The summed E-state index contributed by atoms with van der Waals surface area (Å²) < 4.78 is 34.1. The van der Waals surface area contributed by atoms with Crippen LogP contribution >= 0.6 is 0 Å². The van der Waals surface area contributed by atoms with Crippen molar-refractivity contribution in [1.29, 1.82) is 0 Å². The minimum atomic E-state index is -3.83. The summed E-state index contributed by atoms with van der Waals surface area (Å²) in [4.78, 5) is 48.4. The number of aromatic nitrogens is 1. The molecule has 252 valence electrons. The molecule has 2 saturated carbocycles. The Morgan fingerprint density at radius 3 is 2.56 bits per heavy atom. The number of hydrogen-bond acceptors (Lipinski definition) is 8. The van der Waals surface area contributed by atoms with E-state index in [1.807, 2.05) is 72.8 Å². The summed E-state index contributed by atoms with van der Waals surface area (Å²) in [5.41, 5.74) is 0.162. The second-order valence-electron chi connectivity index (χ2n) is 13.4. The molecule has 3 heterocycles. The zero-order chi connectivity index (χ0) is 33.3. The van der Waals surface area contributed by atoms with Gasteiger partial charge in [-0.15, -0.1) is 0 Å². The maximum absolute atomic E-state index is 14.4. The lowest BCUT2D eigenvalue weighted by Crippen LogP contribution is -2.57. The molecule has 4 aliphatic rings. The molecule has 2 aliphatic carbocycles. The van der Waals surface area contributed by atoms with Gasteiger partial charge in [0.05, 0.1) is 17.3 Å². The summed E-state index contributed by atoms with van der Waals surface area (Å²) in [6, 6.07) is 19.4. The molecule has 3 fully saturated rings. The van der Waals surface area contributed by atoms with Crippen molar-refractivity contribution >= 4 is 44.3 Å². The summed E-state index contributed by atoms with van der Waals surface area (Å²) in [7, 11) is -3.83. The molecule has 11 nitrogen and oxygen atoms in total. The topological polar surface area (TPSA) is 147 Å². The molecule has 48 heavy (non-hydrogen) atoms. The van der Waals surface area contributed by atoms with Crippen molar-refractivity contribution in [2.45, 2.75) is 86.8 Å². The Morgan fingerprint density at radius 2 is 1.75 bits per heavy atom. The maximum atomic E-state index is 14.4. The molecule has 0 bridgehead atoms. The van der Waals surface area contributed by atoms with Crippen molar-refractivity contribution in [2.75, 3.05) is 11.9 Å². The molecule has 3 N–H and O–H groups in total. The van der Waals surface area contributed by atoms with Crippen molar-refractivity contribution in [1.82, 2.24) is 19.9 Å². The number of rotatable bonds is 7. The molecule has 2 aliphatic heterocycles. The van der Waals surface area contributed by atoms with Crippen LogP contribution < -0.4 is 20.1 Å². The zero-order valence-corrected chi connectivity index (χ0v) is 27.5. The molecule has 3 aromatic rings. The van der Waals surface area contributed by atoms with Crippen LogP contribution in [-0.4, -0.2) is 71.5 Å². The van der Waals surface area contributed by atoms with Crippen molar-refractivity contribution in [3.8, 4) is 5.88 Å². The van der Waals surface area contributed by atoms with E-state index in [4.69, 9.17) is 4.74 Å². The van der Waals surface area contributed by atoms with Crippen LogP contribution in [-0.2, 0) is 24.4 Å². The first-order valence-corrected chi connectivity index (χ1v) is 18.5. The van der Waals surface area contributed by atoms with Crippen LogP contribution in [0.25, 0.3) is 10.9 Å². The third-order valence-corrected chi connectivity index (χ3v) is 11.6. The first kappa shape index (κ1) is 32.1. The van der Waals surface area contributed by atoms with E-state index in [1.54, 1.807) is 11.0 Å². The fourth-order valence-electron chi connectivity index (χ4n) is 6.87. The molecule has 2 aromatic carbocycles. The average molecular weight is 672 g/mol. The molecule has 12 heteroatoms. The van der Waals surface area contributed by atoms with Gasteiger partial charge in [-0.2, -0.15) is 0 Å². The van der Waals surface area contributed by atoms with Crippen molar-refractivity contribution in [3.63, 3.8) is 0 Å². The molecular weight excluding hydrogens is 630 g/mol. The highest BCUT2D eigenvalue weighted by atomic mass is 32.2. The number of allylic oxidation sites excluding steroid dienone is 1. The number of carbonyl (C=O) groups excluding carboxylic acids is 3. The predicted octanol–water partition coefficient (Wildman–Crippen LogP) is 4.07. The molecule has 3 amide bonds. The van der Waals surface area contributed by atoms with Gasteiger partial charge in [0, 0.05) is 29.5 Å². The van der Waals surface area contributed by atoms with E-state index >= 15 is 0 Å². The van der Waals surface area contributed by atoms with E-state index in [1.165, 1.54) is 0 Å². The summed E-state index contributed by atoms with van der Waals surface area (Å²) >= 11 is 0. The van der Waals surface area contributed by atoms with Crippen LogP contribution in [0, 0.1) is 5.92 Å². The first-order valence-electron chi connectivity index (χ1n) is 16.9. The molecule has 1 aromatic heterocycles. The minimum absolute atomic E-state index is 0.150. The van der Waals surface area contributed by atoms with Crippen molar-refractivity contribution in [3.05, 3.63) is 78.9 Å². The Kier molecular flexibility index (Phi) is 8.84. The molecule has 7 rings (SSSR count). The van der Waals surface area contributed by atoms with Gasteiger partial charge in [0.15, 0.2) is 0 Å². The van der Waals surface area contributed by atoms with Gasteiger partial charge in [0.2, 0.25) is 27.7 Å². The highest BCUT2D eigenvalue weighted by Gasteiger charge is 2.62. The number of carbonyl (C=O) groups is 3. The van der Waals surface area contributed by atoms with E-state index < -0.39 is 50.8 Å². The average Bonchev–Trinajstić information content (AvgIpc) is 4.01. The zero-order valence-electron chi connectivity index (χ0n) is 26.7. The largest absolute Gasteiger partial charge is 0.472 e. The van der Waals surface area contributed by atoms with Gasteiger partial charge in [0.25, 0.3) is 5.91 Å². The van der Waals surface area contributed by atoms with Gasteiger partial charge < -0.3 is 20.3 Å². The van der Waals surface area contributed by atoms with Gasteiger partial charge in [-0.3, -0.25) is 19.1 Å². The Bertz CT molecular complexity index is 1830. The number of ether oxygens (including phenoxy) is 1. The smallest absolute Gasteiger partial charge is 0.259 e. The quantitative estimate of drug-likeness (QED) is 0.319. The predicted molar refractivity (Wildman–Crippen MR) is 181 cm³/mol. The standard InChI is InChI=1S/C36H41N5O6S/c42-33-31-21-27(47-32-20-17-24-11-9-10-15-29(24)38-32)23-41(31)34(43)30(37-26-13-6-4-7-14-26)16-8-3-1-2-5-12-25-22-36(25,39-33)35(44)40-48(45,46)28-18-19-28/h4-7,9-15,17,20,25,27-28,30-31,37H,1-3,8,16,18-19,21-23H2,(H,39,42)(H,40,44)/b12-5-/t25-,27+,30-,31-,36+/m0/s1. The van der Waals surface area contributed by atoms with Crippen molar-refractivity contribution < 1.29 is 27.5 Å². The van der Waals surface area contributed by atoms with Crippen LogP contribution in [0.15, 0.2) is 78.9 Å². The van der Waals surface area contributed by atoms with Gasteiger partial charge in [-0.05, 0) is 62.8 Å². The SMILES string of the molecule is O=C1N[C@]2(C(=O)NS(=O)(=O)C3CC3)C[C@@H]2/C=C\CCCCC[C@H](Nc2ccccc2)C(=O)N2C[C@H](Oc3ccc4ccccc4n3)C[C@@H]12. The van der Waals surface area contributed by atoms with Crippen LogP contribution in [0.3, 0.4) is 0 Å². The van der Waals surface area contributed by atoms with Gasteiger partial charge in [0.1, 0.15) is 23.7 Å². The van der Waals surface area contributed by atoms with Gasteiger partial charge in [-0.25, -0.2) is 13.4 Å². The fraction of sp³-hybridized carbons (Fsp3) is 0.444. The van der Waals surface area contributed by atoms with Crippen LogP contribution in [0.5, 0.6) is 5.88 Å². The summed E-state index contributed by atoms with van der Waals surface area (Å²) in [6.45, 7) is 0.150. The number of pyridine rings is 1. The summed E-state index contributed by atoms with van der Waals surface area (Å²) in [5, 5.41) is 6.72. The third-order valence-electron chi connectivity index (χ3n) is 9.82. The molecule has 5 atom stereocenters. The van der Waals surface area contributed by atoms with Gasteiger partial charge in [-0.1, -0.05) is 61.4 Å².